The van der Waals surface area contributed by atoms with Gasteiger partial charge in [0.1, 0.15) is 19.3 Å². The smallest absolute Gasteiger partial charge is 0.457 e. The summed E-state index contributed by atoms with van der Waals surface area (Å²) in [5.74, 6) is -0.323. The number of nitrogens with zero attached hydrogens (tertiary/aromatic N) is 1. The Bertz CT molecular complexity index is 1300. The summed E-state index contributed by atoms with van der Waals surface area (Å²) in [7, 11) is 1.64. The maximum atomic E-state index is 12.8. The van der Waals surface area contributed by atoms with Crippen molar-refractivity contribution in [3.8, 4) is 0 Å². The molecule has 2 atom stereocenters. The summed E-state index contributed by atoms with van der Waals surface area (Å²) in [6.45, 7) is 5.45. The predicted octanol–water partition coefficient (Wildman–Crippen LogP) is 17.4. The van der Waals surface area contributed by atoms with E-state index in [0.29, 0.717) is 24.1 Å². The van der Waals surface area contributed by atoms with Crippen LogP contribution in [0.25, 0.3) is 0 Å². The molecule has 2 unspecified atom stereocenters. The van der Waals surface area contributed by atoms with Crippen molar-refractivity contribution >= 4 is 13.8 Å². The van der Waals surface area contributed by atoms with Crippen LogP contribution < -0.4 is 0 Å². The van der Waals surface area contributed by atoms with Gasteiger partial charge in [0.2, 0.25) is 0 Å². The van der Waals surface area contributed by atoms with Crippen molar-refractivity contribution in [3.63, 3.8) is 0 Å². The van der Waals surface area contributed by atoms with E-state index in [2.05, 4.69) is 86.8 Å². The lowest BCUT2D eigenvalue weighted by atomic mass is 10.0. The number of ether oxygens (including phenoxy) is 2. The zero-order chi connectivity index (χ0) is 49.0. The molecule has 0 spiro atoms. The first kappa shape index (κ1) is 64.9. The van der Waals surface area contributed by atoms with Gasteiger partial charge in [-0.05, 0) is 64.2 Å². The molecule has 0 rings (SSSR count). The summed E-state index contributed by atoms with van der Waals surface area (Å²) >= 11 is 0. The van der Waals surface area contributed by atoms with Crippen molar-refractivity contribution in [2.45, 2.75) is 238 Å². The number of allylic oxidation sites excluding steroid dienone is 12. The minimum Gasteiger partial charge on any atom is -0.457 e. The van der Waals surface area contributed by atoms with Crippen LogP contribution in [0, 0.1) is 0 Å². The zero-order valence-electron chi connectivity index (χ0n) is 44.4. The van der Waals surface area contributed by atoms with Gasteiger partial charge >= 0.3 is 13.8 Å². The molecule has 0 aromatic heterocycles. The third kappa shape index (κ3) is 54.7. The quantitative estimate of drug-likeness (QED) is 0.0213. The summed E-state index contributed by atoms with van der Waals surface area (Å²) in [6.07, 6.45) is 66.8. The van der Waals surface area contributed by atoms with Gasteiger partial charge in [-0.3, -0.25) is 13.8 Å². The number of carbonyl (C=O) groups is 1. The molecule has 390 valence electrons. The van der Waals surface area contributed by atoms with Gasteiger partial charge in [-0.15, -0.1) is 0 Å². The van der Waals surface area contributed by atoms with Gasteiger partial charge in [0, 0.05) is 13.0 Å². The molecule has 0 aliphatic rings. The molecule has 0 fully saturated rings. The van der Waals surface area contributed by atoms with E-state index in [4.69, 9.17) is 18.5 Å². The average molecular weight is 961 g/mol. The highest BCUT2D eigenvalue weighted by Crippen LogP contribution is 2.43. The van der Waals surface area contributed by atoms with Crippen LogP contribution in [0.4, 0.5) is 0 Å². The lowest BCUT2D eigenvalue weighted by Crippen LogP contribution is -2.37. The van der Waals surface area contributed by atoms with Crippen molar-refractivity contribution in [2.24, 2.45) is 0 Å². The van der Waals surface area contributed by atoms with Crippen LogP contribution in [0.2, 0.25) is 0 Å². The minimum atomic E-state index is -4.30. The standard InChI is InChI=1S/C58H106NO7P/c1-6-8-10-12-14-16-18-20-22-24-26-28-30-31-33-35-37-39-41-43-45-47-49-51-58(60)66-57(56-65-67(61,62)64-54-52-59(3,4)5)55-63-53-50-48-46-44-42-40-38-36-34-32-29-27-25-23-21-19-17-15-13-11-9-7-2/h9,11,15,17,21,23,27,29,34,36,40,42,57H,6-8,10,12-14,16,18-20,22,24-26,28,30-33,35,37-39,41,43-56H2,1-5H3/p+1/b11-9-,17-15-,23-21-,29-27-,36-34-,42-40-. The number of rotatable bonds is 51. The molecule has 0 saturated heterocycles. The zero-order valence-corrected chi connectivity index (χ0v) is 45.3. The van der Waals surface area contributed by atoms with Crippen LogP contribution in [0.3, 0.4) is 0 Å². The van der Waals surface area contributed by atoms with Crippen molar-refractivity contribution in [2.75, 3.05) is 54.1 Å². The van der Waals surface area contributed by atoms with Gasteiger partial charge in [0.15, 0.2) is 0 Å². The molecular weight excluding hydrogens is 854 g/mol. The number of esters is 1. The summed E-state index contributed by atoms with van der Waals surface area (Å²) in [6, 6.07) is 0. The van der Waals surface area contributed by atoms with Crippen LogP contribution in [0.1, 0.15) is 232 Å². The molecule has 0 aromatic carbocycles. The van der Waals surface area contributed by atoms with Crippen molar-refractivity contribution in [1.29, 1.82) is 0 Å². The maximum absolute atomic E-state index is 12.8. The van der Waals surface area contributed by atoms with Crippen LogP contribution in [-0.4, -0.2) is 75.6 Å². The number of phosphoric ester groups is 1. The van der Waals surface area contributed by atoms with E-state index in [1.807, 2.05) is 21.1 Å². The van der Waals surface area contributed by atoms with E-state index in [1.165, 1.54) is 128 Å². The molecular formula is C58H107NO7P+. The Morgan fingerprint density at radius 1 is 0.478 bits per heavy atom. The van der Waals surface area contributed by atoms with Gasteiger partial charge in [0.05, 0.1) is 34.4 Å². The topological polar surface area (TPSA) is 91.3 Å². The normalized spacial score (nSPS) is 14.1. The third-order valence-electron chi connectivity index (χ3n) is 11.8. The Balaban J connectivity index is 4.16. The lowest BCUT2D eigenvalue weighted by molar-refractivity contribution is -0.870. The van der Waals surface area contributed by atoms with E-state index in [-0.39, 0.29) is 25.8 Å². The van der Waals surface area contributed by atoms with Gasteiger partial charge in [-0.2, -0.15) is 0 Å². The molecule has 1 N–H and O–H groups in total. The Kier molecular flexibility index (Phi) is 48.8. The lowest BCUT2D eigenvalue weighted by Gasteiger charge is -2.24. The molecule has 0 aliphatic carbocycles. The predicted molar refractivity (Wildman–Crippen MR) is 288 cm³/mol. The first-order valence-corrected chi connectivity index (χ1v) is 29.2. The SMILES string of the molecule is CC/C=C\C/C=C\C/C=C\C/C=C\C/C=C\C/C=C\CCCCCOCC(COP(=O)(O)OCC[N+](C)(C)C)OC(=O)CCCCCCCCCCCCCCCCCCCCCCCCC. The van der Waals surface area contributed by atoms with Gasteiger partial charge in [-0.25, -0.2) is 4.57 Å². The maximum Gasteiger partial charge on any atom is 0.472 e. The van der Waals surface area contributed by atoms with Crippen LogP contribution >= 0.6 is 7.82 Å². The molecule has 0 radical (unpaired) electrons. The van der Waals surface area contributed by atoms with Crippen molar-refractivity contribution in [1.82, 2.24) is 0 Å². The summed E-state index contributed by atoms with van der Waals surface area (Å²) in [4.78, 5) is 23.1. The Morgan fingerprint density at radius 3 is 1.28 bits per heavy atom. The number of unbranched alkanes of at least 4 members (excludes halogenated alkanes) is 25. The molecule has 67 heavy (non-hydrogen) atoms. The Morgan fingerprint density at radius 2 is 0.866 bits per heavy atom. The average Bonchev–Trinajstić information content (AvgIpc) is 3.29. The van der Waals surface area contributed by atoms with E-state index in [1.54, 1.807) is 0 Å². The van der Waals surface area contributed by atoms with E-state index in [0.717, 1.165) is 83.5 Å². The van der Waals surface area contributed by atoms with Crippen molar-refractivity contribution < 1.29 is 37.3 Å². The largest absolute Gasteiger partial charge is 0.472 e. The molecule has 9 heteroatoms. The number of hydrogen-bond acceptors (Lipinski definition) is 6. The van der Waals surface area contributed by atoms with E-state index >= 15 is 0 Å². The highest BCUT2D eigenvalue weighted by molar-refractivity contribution is 7.47. The third-order valence-corrected chi connectivity index (χ3v) is 12.8. The first-order chi connectivity index (χ1) is 32.6. The number of likely N-dealkylation sites (N-methyl/N-ethyl adjacent to an activating group) is 1. The highest BCUT2D eigenvalue weighted by atomic mass is 31.2. The molecule has 0 aromatic rings. The molecule has 0 heterocycles. The minimum absolute atomic E-state index is 0.0797. The number of quaternary nitrogens is 1. The molecule has 0 saturated carbocycles. The van der Waals surface area contributed by atoms with Crippen LogP contribution in [0.15, 0.2) is 72.9 Å². The first-order valence-electron chi connectivity index (χ1n) is 27.7. The molecule has 0 amide bonds. The monoisotopic (exact) mass is 961 g/mol. The van der Waals surface area contributed by atoms with Gasteiger partial charge in [0.25, 0.3) is 0 Å². The molecule has 0 aliphatic heterocycles. The second-order valence-electron chi connectivity index (χ2n) is 19.6. The van der Waals surface area contributed by atoms with Crippen LogP contribution in [0.5, 0.6) is 0 Å². The fourth-order valence-electron chi connectivity index (χ4n) is 7.56. The number of hydrogen-bond donors (Lipinski definition) is 1. The van der Waals surface area contributed by atoms with Gasteiger partial charge < -0.3 is 18.9 Å². The fourth-order valence-corrected chi connectivity index (χ4v) is 8.30. The molecule has 0 bridgehead atoms. The number of carbonyl (C=O) groups excluding carboxylic acids is 1. The Hall–Kier alpha value is -2.06. The van der Waals surface area contributed by atoms with E-state index < -0.39 is 13.9 Å². The Labute approximate surface area is 414 Å². The van der Waals surface area contributed by atoms with Gasteiger partial charge in [-0.1, -0.05) is 234 Å². The second kappa shape index (κ2) is 50.3. The summed E-state index contributed by atoms with van der Waals surface area (Å²) in [5.41, 5.74) is 0. The number of phosphoric acid groups is 1. The molecule has 8 nitrogen and oxygen atoms in total. The van der Waals surface area contributed by atoms with Crippen LogP contribution in [-0.2, 0) is 27.9 Å². The second-order valence-corrected chi connectivity index (χ2v) is 21.0. The van der Waals surface area contributed by atoms with Crippen molar-refractivity contribution in [3.05, 3.63) is 72.9 Å². The fraction of sp³-hybridized carbons (Fsp3) is 0.776. The summed E-state index contributed by atoms with van der Waals surface area (Å²) < 4.78 is 35.2. The highest BCUT2D eigenvalue weighted by Gasteiger charge is 2.26. The van der Waals surface area contributed by atoms with E-state index in [9.17, 15) is 14.3 Å². The summed E-state index contributed by atoms with van der Waals surface area (Å²) in [5, 5.41) is 0.